The molecule has 1 amide bonds. The molecule has 4 aromatic rings. The van der Waals surface area contributed by atoms with Crippen LogP contribution in [0.5, 0.6) is 0 Å². The summed E-state index contributed by atoms with van der Waals surface area (Å²) in [7, 11) is 0. The van der Waals surface area contributed by atoms with Gasteiger partial charge in [-0.15, -0.1) is 0 Å². The normalized spacial score (nSPS) is 18.4. The quantitative estimate of drug-likeness (QED) is 0.321. The average Bonchev–Trinajstić information content (AvgIpc) is 3.46. The maximum atomic E-state index is 13.6. The average molecular weight is 499 g/mol. The topological polar surface area (TPSA) is 73.5 Å². The molecule has 0 radical (unpaired) electrons. The predicted molar refractivity (Wildman–Crippen MR) is 127 cm³/mol. The molecule has 6 nitrogen and oxygen atoms in total. The van der Waals surface area contributed by atoms with Gasteiger partial charge in [0, 0.05) is 23.5 Å². The molecule has 2 heterocycles. The van der Waals surface area contributed by atoms with Gasteiger partial charge in [-0.05, 0) is 61.9 Å². The zero-order valence-corrected chi connectivity index (χ0v) is 19.4. The summed E-state index contributed by atoms with van der Waals surface area (Å²) in [6, 6.07) is 13.0. The van der Waals surface area contributed by atoms with Crippen LogP contribution in [0, 0.1) is 5.92 Å². The predicted octanol–water partition coefficient (Wildman–Crippen LogP) is 5.92. The molecular weight excluding hydrogens is 473 g/mol. The molecule has 1 N–H and O–H groups in total. The number of carbonyl (C=O) groups excluding carboxylic acids is 2. The molecule has 1 aliphatic carbocycles. The van der Waals surface area contributed by atoms with E-state index in [-0.39, 0.29) is 24.1 Å². The third-order valence-electron chi connectivity index (χ3n) is 6.83. The highest BCUT2D eigenvalue weighted by molar-refractivity contribution is 6.06. The lowest BCUT2D eigenvalue weighted by atomic mass is 9.87. The van der Waals surface area contributed by atoms with E-state index in [1.54, 1.807) is 16.8 Å². The summed E-state index contributed by atoms with van der Waals surface area (Å²) in [5.41, 5.74) is 0.241. The van der Waals surface area contributed by atoms with Crippen LogP contribution < -0.4 is 5.32 Å². The third kappa shape index (κ3) is 4.96. The van der Waals surface area contributed by atoms with Crippen molar-refractivity contribution >= 4 is 34.3 Å². The van der Waals surface area contributed by atoms with Crippen molar-refractivity contribution in [1.82, 2.24) is 9.88 Å². The van der Waals surface area contributed by atoms with E-state index in [0.717, 1.165) is 35.9 Å². The Balaban J connectivity index is 1.41. The molecule has 0 atom stereocenters. The van der Waals surface area contributed by atoms with Crippen LogP contribution in [-0.2, 0) is 22.3 Å². The van der Waals surface area contributed by atoms with E-state index >= 15 is 0 Å². The Morgan fingerprint density at radius 3 is 2.58 bits per heavy atom. The molecule has 36 heavy (non-hydrogen) atoms. The van der Waals surface area contributed by atoms with E-state index in [2.05, 4.69) is 5.32 Å². The van der Waals surface area contributed by atoms with Crippen molar-refractivity contribution in [3.05, 3.63) is 71.6 Å². The van der Waals surface area contributed by atoms with Crippen molar-refractivity contribution in [2.24, 2.45) is 5.92 Å². The summed E-state index contributed by atoms with van der Waals surface area (Å²) < 4.78 is 53.5. The van der Waals surface area contributed by atoms with Gasteiger partial charge in [-0.3, -0.25) is 9.59 Å². The number of para-hydroxylation sites is 1. The molecule has 1 aliphatic rings. The number of aromatic nitrogens is 1. The Bertz CT molecular complexity index is 1360. The van der Waals surface area contributed by atoms with Gasteiger partial charge in [-0.1, -0.05) is 18.2 Å². The van der Waals surface area contributed by atoms with Crippen LogP contribution in [0.3, 0.4) is 0 Å². The molecule has 0 bridgehead atoms. The Labute approximate surface area is 205 Å². The molecule has 0 spiro atoms. The van der Waals surface area contributed by atoms with Gasteiger partial charge in [0.2, 0.25) is 0 Å². The van der Waals surface area contributed by atoms with Crippen LogP contribution in [-0.4, -0.2) is 29.6 Å². The number of hydrogen-bond acceptors (Lipinski definition) is 4. The monoisotopic (exact) mass is 498 g/mol. The molecule has 2 aromatic heterocycles. The molecule has 2 aromatic carbocycles. The number of benzene rings is 2. The van der Waals surface area contributed by atoms with Crippen LogP contribution in [0.1, 0.15) is 47.4 Å². The minimum atomic E-state index is -4.58. The summed E-state index contributed by atoms with van der Waals surface area (Å²) in [6.07, 6.45) is -0.0947. The standard InChI is InChI=1S/C27H25F3N2O4/c28-27(29,30)20-11-19-9-10-32(15-22-12-18-3-1-2-4-24(18)36-22)25(19)23(13-20)26(34)31-14-17-5-7-21(8-6-17)35-16-33/h1-4,9-13,16-17,21H,5-8,14-15H2,(H,31,34). The van der Waals surface area contributed by atoms with Gasteiger partial charge >= 0.3 is 6.18 Å². The first kappa shape index (κ1) is 24.0. The lowest BCUT2D eigenvalue weighted by Gasteiger charge is -2.27. The molecule has 0 saturated heterocycles. The molecular formula is C27H25F3N2O4. The van der Waals surface area contributed by atoms with E-state index in [1.165, 1.54) is 0 Å². The number of rotatable bonds is 7. The zero-order valence-electron chi connectivity index (χ0n) is 19.4. The molecule has 0 unspecified atom stereocenters. The van der Waals surface area contributed by atoms with Crippen LogP contribution in [0.15, 0.2) is 59.1 Å². The number of furan rings is 1. The fourth-order valence-corrected chi connectivity index (χ4v) is 4.98. The number of amides is 1. The second-order valence-electron chi connectivity index (χ2n) is 9.24. The summed E-state index contributed by atoms with van der Waals surface area (Å²) in [6.45, 7) is 1.06. The lowest BCUT2D eigenvalue weighted by molar-refractivity contribution is -0.137. The molecule has 9 heteroatoms. The van der Waals surface area contributed by atoms with E-state index < -0.39 is 17.6 Å². The van der Waals surface area contributed by atoms with E-state index in [0.29, 0.717) is 42.5 Å². The number of carbonyl (C=O) groups is 2. The highest BCUT2D eigenvalue weighted by Gasteiger charge is 2.33. The molecule has 0 aliphatic heterocycles. The number of fused-ring (bicyclic) bond motifs is 2. The van der Waals surface area contributed by atoms with Gasteiger partial charge in [0.05, 0.1) is 23.2 Å². The first-order valence-corrected chi connectivity index (χ1v) is 11.9. The minimum absolute atomic E-state index is 0.0288. The van der Waals surface area contributed by atoms with Gasteiger partial charge in [0.15, 0.2) is 0 Å². The van der Waals surface area contributed by atoms with Crippen molar-refractivity contribution in [2.45, 2.75) is 44.5 Å². The summed E-state index contributed by atoms with van der Waals surface area (Å²) >= 11 is 0. The number of alkyl halides is 3. The van der Waals surface area contributed by atoms with Gasteiger partial charge in [-0.2, -0.15) is 13.2 Å². The van der Waals surface area contributed by atoms with Gasteiger partial charge in [0.1, 0.15) is 17.4 Å². The second-order valence-corrected chi connectivity index (χ2v) is 9.24. The van der Waals surface area contributed by atoms with Crippen LogP contribution in [0.2, 0.25) is 0 Å². The van der Waals surface area contributed by atoms with Crippen molar-refractivity contribution in [3.8, 4) is 0 Å². The number of hydrogen-bond donors (Lipinski definition) is 1. The summed E-state index contributed by atoms with van der Waals surface area (Å²) in [4.78, 5) is 23.7. The largest absolute Gasteiger partial charge is 0.465 e. The number of nitrogens with one attached hydrogen (secondary N) is 1. The fraction of sp³-hybridized carbons (Fsp3) is 0.333. The Morgan fingerprint density at radius 1 is 1.08 bits per heavy atom. The van der Waals surface area contributed by atoms with Crippen molar-refractivity contribution in [2.75, 3.05) is 6.54 Å². The van der Waals surface area contributed by atoms with Crippen LogP contribution in [0.25, 0.3) is 21.9 Å². The zero-order chi connectivity index (χ0) is 25.3. The van der Waals surface area contributed by atoms with Crippen molar-refractivity contribution < 1.29 is 31.9 Å². The fourth-order valence-electron chi connectivity index (χ4n) is 4.98. The molecule has 1 fully saturated rings. The Morgan fingerprint density at radius 2 is 1.86 bits per heavy atom. The molecule has 1 saturated carbocycles. The Hall–Kier alpha value is -3.75. The van der Waals surface area contributed by atoms with E-state index in [4.69, 9.17) is 9.15 Å². The summed E-state index contributed by atoms with van der Waals surface area (Å²) in [5.74, 6) is 0.250. The highest BCUT2D eigenvalue weighted by atomic mass is 19.4. The number of nitrogens with zero attached hydrogens (tertiary/aromatic N) is 1. The van der Waals surface area contributed by atoms with Gasteiger partial charge in [0.25, 0.3) is 12.4 Å². The van der Waals surface area contributed by atoms with Crippen molar-refractivity contribution in [1.29, 1.82) is 0 Å². The lowest BCUT2D eigenvalue weighted by Crippen LogP contribution is -2.33. The summed E-state index contributed by atoms with van der Waals surface area (Å²) in [5, 5.41) is 4.09. The first-order chi connectivity index (χ1) is 17.3. The number of halogens is 3. The van der Waals surface area contributed by atoms with Gasteiger partial charge in [-0.25, -0.2) is 0 Å². The van der Waals surface area contributed by atoms with E-state index in [9.17, 15) is 22.8 Å². The van der Waals surface area contributed by atoms with Crippen LogP contribution >= 0.6 is 0 Å². The number of ether oxygens (including phenoxy) is 1. The Kier molecular flexibility index (Phi) is 6.47. The van der Waals surface area contributed by atoms with Crippen molar-refractivity contribution in [3.63, 3.8) is 0 Å². The van der Waals surface area contributed by atoms with Gasteiger partial charge < -0.3 is 19.0 Å². The smallest absolute Gasteiger partial charge is 0.416 e. The molecule has 5 rings (SSSR count). The molecule has 188 valence electrons. The maximum Gasteiger partial charge on any atom is 0.416 e. The first-order valence-electron chi connectivity index (χ1n) is 11.9. The van der Waals surface area contributed by atoms with E-state index in [1.807, 2.05) is 30.3 Å². The highest BCUT2D eigenvalue weighted by Crippen LogP contribution is 2.34. The third-order valence-corrected chi connectivity index (χ3v) is 6.83. The SMILES string of the molecule is O=COC1CCC(CNC(=O)c2cc(C(F)(F)F)cc3ccn(Cc4cc5ccccc5o4)c23)CC1. The maximum absolute atomic E-state index is 13.6. The van der Waals surface area contributed by atoms with Crippen LogP contribution in [0.4, 0.5) is 13.2 Å². The second kappa shape index (κ2) is 9.72. The minimum Gasteiger partial charge on any atom is -0.465 e.